The van der Waals surface area contributed by atoms with E-state index in [1.807, 2.05) is 0 Å². The number of carbonyl (C=O) groups excluding carboxylic acids is 1. The van der Waals surface area contributed by atoms with Gasteiger partial charge >= 0.3 is 0 Å². The van der Waals surface area contributed by atoms with Crippen molar-refractivity contribution in [1.82, 2.24) is 5.32 Å². The molecule has 1 aromatic rings. The topological polar surface area (TPSA) is 55.1 Å². The summed E-state index contributed by atoms with van der Waals surface area (Å²) in [5, 5.41) is 3.12. The first-order chi connectivity index (χ1) is 9.79. The second-order valence-electron chi connectivity index (χ2n) is 7.06. The van der Waals surface area contributed by atoms with Gasteiger partial charge in [0.1, 0.15) is 5.82 Å². The van der Waals surface area contributed by atoms with Crippen LogP contribution < -0.4 is 11.1 Å². The summed E-state index contributed by atoms with van der Waals surface area (Å²) in [6, 6.07) is 6.14. The molecule has 2 rings (SSSR count). The summed E-state index contributed by atoms with van der Waals surface area (Å²) in [5.41, 5.74) is 6.78. The molecule has 21 heavy (non-hydrogen) atoms. The summed E-state index contributed by atoms with van der Waals surface area (Å²) in [4.78, 5) is 12.5. The second-order valence-corrected chi connectivity index (χ2v) is 7.06. The van der Waals surface area contributed by atoms with Crippen LogP contribution in [0.1, 0.15) is 51.6 Å². The molecule has 0 heterocycles. The van der Waals surface area contributed by atoms with Gasteiger partial charge in [-0.15, -0.1) is 0 Å². The van der Waals surface area contributed by atoms with Gasteiger partial charge in [0.15, 0.2) is 0 Å². The van der Waals surface area contributed by atoms with Gasteiger partial charge in [0, 0.05) is 6.04 Å². The molecule has 4 heteroatoms. The van der Waals surface area contributed by atoms with Gasteiger partial charge in [-0.2, -0.15) is 0 Å². The van der Waals surface area contributed by atoms with E-state index in [0.29, 0.717) is 0 Å². The molecule has 1 aliphatic rings. The Morgan fingerprint density at radius 2 is 1.90 bits per heavy atom. The van der Waals surface area contributed by atoms with E-state index in [2.05, 4.69) is 26.1 Å². The molecule has 0 bridgehead atoms. The Morgan fingerprint density at radius 3 is 2.38 bits per heavy atom. The third kappa shape index (κ3) is 3.82. The Kier molecular flexibility index (Phi) is 4.67. The largest absolute Gasteiger partial charge is 0.348 e. The minimum Gasteiger partial charge on any atom is -0.348 e. The molecular formula is C17H25FN2O. The zero-order valence-electron chi connectivity index (χ0n) is 13.0. The van der Waals surface area contributed by atoms with Crippen LogP contribution in [0.3, 0.4) is 0 Å². The number of benzene rings is 1. The number of hydrogen-bond acceptors (Lipinski definition) is 2. The van der Waals surface area contributed by atoms with E-state index in [-0.39, 0.29) is 35.1 Å². The van der Waals surface area contributed by atoms with Gasteiger partial charge in [0.25, 0.3) is 0 Å². The summed E-state index contributed by atoms with van der Waals surface area (Å²) < 4.78 is 13.1. The van der Waals surface area contributed by atoms with Gasteiger partial charge in [-0.25, -0.2) is 4.39 Å². The molecule has 1 amide bonds. The summed E-state index contributed by atoms with van der Waals surface area (Å²) in [7, 11) is 0. The van der Waals surface area contributed by atoms with Crippen molar-refractivity contribution in [3.05, 3.63) is 35.6 Å². The molecule has 0 spiro atoms. The highest BCUT2D eigenvalue weighted by Crippen LogP contribution is 2.34. The van der Waals surface area contributed by atoms with Crippen LogP contribution in [0.5, 0.6) is 0 Å². The van der Waals surface area contributed by atoms with E-state index in [4.69, 9.17) is 5.73 Å². The number of nitrogens with two attached hydrogens (primary N) is 1. The van der Waals surface area contributed by atoms with Crippen molar-refractivity contribution in [1.29, 1.82) is 0 Å². The zero-order valence-corrected chi connectivity index (χ0v) is 13.0. The zero-order chi connectivity index (χ0) is 15.6. The Morgan fingerprint density at radius 1 is 1.29 bits per heavy atom. The van der Waals surface area contributed by atoms with Crippen molar-refractivity contribution < 1.29 is 9.18 Å². The highest BCUT2D eigenvalue weighted by molar-refractivity contribution is 5.80. The Bertz CT molecular complexity index is 493. The smallest absolute Gasteiger partial charge is 0.225 e. The molecular weight excluding hydrogens is 267 g/mol. The number of rotatable bonds is 3. The van der Waals surface area contributed by atoms with Crippen molar-refractivity contribution in [3.8, 4) is 0 Å². The van der Waals surface area contributed by atoms with E-state index in [0.717, 1.165) is 24.8 Å². The van der Waals surface area contributed by atoms with E-state index in [1.54, 1.807) is 12.1 Å². The van der Waals surface area contributed by atoms with Crippen LogP contribution in [0, 0.1) is 17.2 Å². The lowest BCUT2D eigenvalue weighted by Crippen LogP contribution is -2.43. The highest BCUT2D eigenvalue weighted by atomic mass is 19.1. The number of carbonyl (C=O) groups is 1. The van der Waals surface area contributed by atoms with Crippen LogP contribution in [0.25, 0.3) is 0 Å². The molecule has 0 radical (unpaired) electrons. The monoisotopic (exact) mass is 292 g/mol. The molecule has 0 aromatic heterocycles. The highest BCUT2D eigenvalue weighted by Gasteiger charge is 2.34. The molecule has 1 aliphatic carbocycles. The molecule has 0 aliphatic heterocycles. The lowest BCUT2D eigenvalue weighted by molar-refractivity contribution is -0.126. The fourth-order valence-electron chi connectivity index (χ4n) is 3.02. The summed E-state index contributed by atoms with van der Waals surface area (Å²) >= 11 is 0. The van der Waals surface area contributed by atoms with Crippen molar-refractivity contribution in [3.63, 3.8) is 0 Å². The lowest BCUT2D eigenvalue weighted by Gasteiger charge is -2.33. The van der Waals surface area contributed by atoms with Crippen LogP contribution in [0.15, 0.2) is 24.3 Å². The maximum atomic E-state index is 13.1. The maximum Gasteiger partial charge on any atom is 0.225 e. The molecule has 3 N–H and O–H groups in total. The molecule has 0 saturated heterocycles. The van der Waals surface area contributed by atoms with Gasteiger partial charge in [-0.05, 0) is 36.0 Å². The molecule has 1 fully saturated rings. The summed E-state index contributed by atoms with van der Waals surface area (Å²) in [5.74, 6) is -0.352. The van der Waals surface area contributed by atoms with E-state index < -0.39 is 0 Å². The van der Waals surface area contributed by atoms with Crippen molar-refractivity contribution in [2.24, 2.45) is 17.1 Å². The third-order valence-corrected chi connectivity index (χ3v) is 4.26. The average Bonchev–Trinajstić information content (AvgIpc) is 2.82. The second kappa shape index (κ2) is 6.14. The normalized spacial score (nSPS) is 23.9. The quantitative estimate of drug-likeness (QED) is 0.899. The lowest BCUT2D eigenvalue weighted by atomic mass is 9.82. The summed E-state index contributed by atoms with van der Waals surface area (Å²) in [6.45, 7) is 6.20. The van der Waals surface area contributed by atoms with Crippen LogP contribution in [-0.4, -0.2) is 11.9 Å². The fourth-order valence-corrected chi connectivity index (χ4v) is 3.02. The molecule has 116 valence electrons. The van der Waals surface area contributed by atoms with Crippen LogP contribution >= 0.6 is 0 Å². The fraction of sp³-hybridized carbons (Fsp3) is 0.588. The predicted octanol–water partition coefficient (Wildman–Crippen LogP) is 3.16. The van der Waals surface area contributed by atoms with Gasteiger partial charge in [0.2, 0.25) is 5.91 Å². The van der Waals surface area contributed by atoms with Gasteiger partial charge in [0.05, 0.1) is 12.0 Å². The Labute approximate surface area is 126 Å². The average molecular weight is 292 g/mol. The first kappa shape index (κ1) is 16.0. The maximum absolute atomic E-state index is 13.1. The number of halogens is 1. The van der Waals surface area contributed by atoms with Crippen molar-refractivity contribution in [2.45, 2.75) is 52.1 Å². The van der Waals surface area contributed by atoms with Crippen molar-refractivity contribution >= 4 is 5.91 Å². The first-order valence-electron chi connectivity index (χ1n) is 7.60. The van der Waals surface area contributed by atoms with Gasteiger partial charge in [-0.3, -0.25) is 4.79 Å². The third-order valence-electron chi connectivity index (χ3n) is 4.26. The Balaban J connectivity index is 2.17. The van der Waals surface area contributed by atoms with Gasteiger partial charge < -0.3 is 11.1 Å². The molecule has 1 saturated carbocycles. The first-order valence-corrected chi connectivity index (χ1v) is 7.60. The number of nitrogens with one attached hydrogen (secondary N) is 1. The van der Waals surface area contributed by atoms with Gasteiger partial charge in [-0.1, -0.05) is 39.3 Å². The van der Waals surface area contributed by atoms with Crippen molar-refractivity contribution in [2.75, 3.05) is 0 Å². The Hall–Kier alpha value is -1.42. The van der Waals surface area contributed by atoms with Crippen LogP contribution in [0.2, 0.25) is 0 Å². The van der Waals surface area contributed by atoms with E-state index >= 15 is 0 Å². The molecule has 3 nitrogen and oxygen atoms in total. The SMILES string of the molecule is CC(C)(C)C(NC(=O)C1CCCC1N)c1ccc(F)cc1. The molecule has 3 unspecified atom stereocenters. The minimum atomic E-state index is -0.268. The molecule has 3 atom stereocenters. The predicted molar refractivity (Wildman–Crippen MR) is 82.1 cm³/mol. The van der Waals surface area contributed by atoms with Crippen LogP contribution in [-0.2, 0) is 4.79 Å². The standard InChI is InChI=1S/C17H25FN2O/c1-17(2,3)15(11-7-9-12(18)10-8-11)20-16(21)13-5-4-6-14(13)19/h7-10,13-15H,4-6,19H2,1-3H3,(H,20,21). The summed E-state index contributed by atoms with van der Waals surface area (Å²) in [6.07, 6.45) is 2.78. The number of amides is 1. The van der Waals surface area contributed by atoms with Crippen LogP contribution in [0.4, 0.5) is 4.39 Å². The van der Waals surface area contributed by atoms with E-state index in [1.165, 1.54) is 12.1 Å². The minimum absolute atomic E-state index is 0.0178. The van der Waals surface area contributed by atoms with E-state index in [9.17, 15) is 9.18 Å². The molecule has 1 aromatic carbocycles. The number of hydrogen-bond donors (Lipinski definition) is 2.